The van der Waals surface area contributed by atoms with Gasteiger partial charge in [0, 0.05) is 12.1 Å². The highest BCUT2D eigenvalue weighted by molar-refractivity contribution is 5.97. The smallest absolute Gasteiger partial charge is 0.408 e. The summed E-state index contributed by atoms with van der Waals surface area (Å²) in [6.45, 7) is 5.59. The Bertz CT molecular complexity index is 655. The molecule has 1 aromatic rings. The molecule has 0 saturated carbocycles. The molecule has 8 nitrogen and oxygen atoms in total. The van der Waals surface area contributed by atoms with Crippen molar-refractivity contribution in [1.29, 1.82) is 0 Å². The predicted octanol–water partition coefficient (Wildman–Crippen LogP) is 2.27. The van der Waals surface area contributed by atoms with E-state index in [1.165, 1.54) is 0 Å². The molecule has 0 saturated heterocycles. The van der Waals surface area contributed by atoms with Crippen LogP contribution in [0.3, 0.4) is 0 Å². The summed E-state index contributed by atoms with van der Waals surface area (Å²) in [6.07, 6.45) is 0.477. The standard InChI is InChI=1S/C19H29N3O5/c1-19(2,3)27-18(26)22-15(9-6-12-20)17(25)21-14-8-5-4-7-13(14)10-11-16(23)24/h4-5,7-8,15H,6,9-12,20H2,1-3H3,(H,21,25)(H,22,26)(H,23,24)/t15-/m0/s1. The number of hydrogen-bond donors (Lipinski definition) is 4. The molecule has 0 unspecified atom stereocenters. The Morgan fingerprint density at radius 2 is 1.89 bits per heavy atom. The zero-order valence-electron chi connectivity index (χ0n) is 16.1. The molecule has 27 heavy (non-hydrogen) atoms. The highest BCUT2D eigenvalue weighted by Crippen LogP contribution is 2.18. The number of alkyl carbamates (subject to hydrolysis) is 1. The van der Waals surface area contributed by atoms with E-state index in [0.717, 1.165) is 0 Å². The van der Waals surface area contributed by atoms with Gasteiger partial charge in [-0.1, -0.05) is 18.2 Å². The lowest BCUT2D eigenvalue weighted by molar-refractivity contribution is -0.137. The first-order chi connectivity index (χ1) is 12.6. The van der Waals surface area contributed by atoms with Gasteiger partial charge < -0.3 is 26.2 Å². The highest BCUT2D eigenvalue weighted by Gasteiger charge is 2.24. The lowest BCUT2D eigenvalue weighted by Crippen LogP contribution is -2.46. The zero-order valence-corrected chi connectivity index (χ0v) is 16.1. The number of carbonyl (C=O) groups excluding carboxylic acids is 2. The number of aliphatic carboxylic acids is 1. The summed E-state index contributed by atoms with van der Waals surface area (Å²) in [4.78, 5) is 35.5. The number of para-hydroxylation sites is 1. The second kappa shape index (κ2) is 10.5. The van der Waals surface area contributed by atoms with E-state index in [0.29, 0.717) is 37.1 Å². The number of carbonyl (C=O) groups is 3. The average Bonchev–Trinajstić information content (AvgIpc) is 2.56. The maximum Gasteiger partial charge on any atom is 0.408 e. The molecule has 1 rings (SSSR count). The van der Waals surface area contributed by atoms with Crippen molar-refractivity contribution in [3.63, 3.8) is 0 Å². The van der Waals surface area contributed by atoms with Crippen LogP contribution in [0.4, 0.5) is 10.5 Å². The molecule has 0 fully saturated rings. The lowest BCUT2D eigenvalue weighted by atomic mass is 10.1. The molecule has 1 aromatic carbocycles. The number of nitrogens with one attached hydrogen (secondary N) is 2. The van der Waals surface area contributed by atoms with Gasteiger partial charge in [-0.2, -0.15) is 0 Å². The van der Waals surface area contributed by atoms with Gasteiger partial charge in [-0.05, 0) is 58.2 Å². The quantitative estimate of drug-likeness (QED) is 0.521. The fourth-order valence-corrected chi connectivity index (χ4v) is 2.36. The van der Waals surface area contributed by atoms with E-state index in [9.17, 15) is 14.4 Å². The first-order valence-corrected chi connectivity index (χ1v) is 8.92. The number of hydrogen-bond acceptors (Lipinski definition) is 5. The van der Waals surface area contributed by atoms with Crippen molar-refractivity contribution < 1.29 is 24.2 Å². The van der Waals surface area contributed by atoms with Gasteiger partial charge in [0.1, 0.15) is 11.6 Å². The van der Waals surface area contributed by atoms with Crippen LogP contribution in [0.25, 0.3) is 0 Å². The predicted molar refractivity (Wildman–Crippen MR) is 102 cm³/mol. The summed E-state index contributed by atoms with van der Waals surface area (Å²) in [6, 6.07) is 6.17. The molecule has 150 valence electrons. The Morgan fingerprint density at radius 1 is 1.22 bits per heavy atom. The normalized spacial score (nSPS) is 12.1. The van der Waals surface area contributed by atoms with Crippen LogP contribution in [0.1, 0.15) is 45.6 Å². The van der Waals surface area contributed by atoms with Crippen LogP contribution in [0.5, 0.6) is 0 Å². The SMILES string of the molecule is CC(C)(C)OC(=O)N[C@@H](CCCN)C(=O)Nc1ccccc1CCC(=O)O. The Hall–Kier alpha value is -2.61. The maximum absolute atomic E-state index is 12.7. The number of nitrogens with two attached hydrogens (primary N) is 1. The third-order valence-corrected chi connectivity index (χ3v) is 3.59. The van der Waals surface area contributed by atoms with Gasteiger partial charge in [-0.15, -0.1) is 0 Å². The first-order valence-electron chi connectivity index (χ1n) is 8.92. The van der Waals surface area contributed by atoms with E-state index >= 15 is 0 Å². The first kappa shape index (κ1) is 22.4. The summed E-state index contributed by atoms with van der Waals surface area (Å²) in [7, 11) is 0. The monoisotopic (exact) mass is 379 g/mol. The van der Waals surface area contributed by atoms with Gasteiger partial charge in [-0.3, -0.25) is 9.59 Å². The van der Waals surface area contributed by atoms with Crippen LogP contribution in [-0.4, -0.2) is 41.3 Å². The molecule has 0 heterocycles. The second-order valence-electron chi connectivity index (χ2n) is 7.17. The minimum Gasteiger partial charge on any atom is -0.481 e. The van der Waals surface area contributed by atoms with Crippen molar-refractivity contribution in [2.24, 2.45) is 5.73 Å². The molecule has 2 amide bonds. The molecule has 5 N–H and O–H groups in total. The van der Waals surface area contributed by atoms with E-state index < -0.39 is 29.6 Å². The summed E-state index contributed by atoms with van der Waals surface area (Å²) in [5.41, 5.74) is 6.08. The van der Waals surface area contributed by atoms with Crippen molar-refractivity contribution in [3.8, 4) is 0 Å². The van der Waals surface area contributed by atoms with Crippen molar-refractivity contribution in [1.82, 2.24) is 5.32 Å². The Balaban J connectivity index is 2.84. The van der Waals surface area contributed by atoms with Crippen molar-refractivity contribution in [3.05, 3.63) is 29.8 Å². The molecule has 8 heteroatoms. The number of aryl methyl sites for hydroxylation is 1. The second-order valence-corrected chi connectivity index (χ2v) is 7.17. The Labute approximate surface area is 159 Å². The molecule has 0 spiro atoms. The van der Waals surface area contributed by atoms with Crippen LogP contribution in [0.2, 0.25) is 0 Å². The highest BCUT2D eigenvalue weighted by atomic mass is 16.6. The van der Waals surface area contributed by atoms with E-state index in [4.69, 9.17) is 15.6 Å². The number of amides is 2. The van der Waals surface area contributed by atoms with Crippen LogP contribution in [0, 0.1) is 0 Å². The maximum atomic E-state index is 12.7. The molecule has 0 bridgehead atoms. The fourth-order valence-electron chi connectivity index (χ4n) is 2.36. The van der Waals surface area contributed by atoms with Crippen LogP contribution < -0.4 is 16.4 Å². The average molecular weight is 379 g/mol. The third-order valence-electron chi connectivity index (χ3n) is 3.59. The van der Waals surface area contributed by atoms with Crippen LogP contribution >= 0.6 is 0 Å². The van der Waals surface area contributed by atoms with Gasteiger partial charge in [0.15, 0.2) is 0 Å². The Kier molecular flexibility index (Phi) is 8.74. The van der Waals surface area contributed by atoms with Gasteiger partial charge in [0.2, 0.25) is 5.91 Å². The number of rotatable bonds is 9. The van der Waals surface area contributed by atoms with Crippen LogP contribution in [0.15, 0.2) is 24.3 Å². The summed E-state index contributed by atoms with van der Waals surface area (Å²) >= 11 is 0. The minimum atomic E-state index is -0.913. The van der Waals surface area contributed by atoms with E-state index in [1.807, 2.05) is 0 Å². The van der Waals surface area contributed by atoms with Crippen LogP contribution in [-0.2, 0) is 20.7 Å². The molecule has 0 aliphatic heterocycles. The number of benzene rings is 1. The number of ether oxygens (including phenoxy) is 1. The lowest BCUT2D eigenvalue weighted by Gasteiger charge is -2.23. The zero-order chi connectivity index (χ0) is 20.4. The summed E-state index contributed by atoms with van der Waals surface area (Å²) in [5.74, 6) is -1.32. The van der Waals surface area contributed by atoms with Gasteiger partial charge in [0.25, 0.3) is 0 Å². The molecular weight excluding hydrogens is 350 g/mol. The molecule has 0 radical (unpaired) electrons. The topological polar surface area (TPSA) is 131 Å². The van der Waals surface area contributed by atoms with E-state index in [2.05, 4.69) is 10.6 Å². The molecular formula is C19H29N3O5. The van der Waals surface area contributed by atoms with Crippen molar-refractivity contribution in [2.45, 2.75) is 58.1 Å². The van der Waals surface area contributed by atoms with Gasteiger partial charge in [0.05, 0.1) is 0 Å². The number of carboxylic acid groups (broad SMARTS) is 1. The number of anilines is 1. The van der Waals surface area contributed by atoms with Gasteiger partial charge >= 0.3 is 12.1 Å². The molecule has 0 aromatic heterocycles. The van der Waals surface area contributed by atoms with E-state index in [1.54, 1.807) is 45.0 Å². The van der Waals surface area contributed by atoms with Crippen molar-refractivity contribution in [2.75, 3.05) is 11.9 Å². The molecule has 1 atom stereocenters. The largest absolute Gasteiger partial charge is 0.481 e. The Morgan fingerprint density at radius 3 is 2.48 bits per heavy atom. The van der Waals surface area contributed by atoms with Crippen molar-refractivity contribution >= 4 is 23.7 Å². The van der Waals surface area contributed by atoms with Gasteiger partial charge in [-0.25, -0.2) is 4.79 Å². The molecule has 0 aliphatic rings. The van der Waals surface area contributed by atoms with E-state index in [-0.39, 0.29) is 6.42 Å². The number of carboxylic acids is 1. The summed E-state index contributed by atoms with van der Waals surface area (Å²) < 4.78 is 5.21. The third kappa shape index (κ3) is 9.05. The minimum absolute atomic E-state index is 0.0420. The summed E-state index contributed by atoms with van der Waals surface area (Å²) in [5, 5.41) is 14.2. The molecule has 0 aliphatic carbocycles. The fraction of sp³-hybridized carbons (Fsp3) is 0.526.